The molecule has 0 bridgehead atoms. The second kappa shape index (κ2) is 4.19. The molecule has 17 heavy (non-hydrogen) atoms. The van der Waals surface area contributed by atoms with Gasteiger partial charge in [-0.3, -0.25) is 0 Å². The van der Waals surface area contributed by atoms with Gasteiger partial charge in [0.1, 0.15) is 17.6 Å². The molecule has 3 nitrogen and oxygen atoms in total. The quantitative estimate of drug-likeness (QED) is 0.770. The van der Waals surface area contributed by atoms with Crippen molar-refractivity contribution in [2.24, 2.45) is 0 Å². The standard InChI is InChI=1S/C13H11N3S/c14-8-11-2-1-3-13(15-11)16-6-4-12-10(9-16)5-7-17-12/h1-3,5,7H,4,6,9H2. The minimum absolute atomic E-state index is 0.485. The molecule has 1 aliphatic rings. The Morgan fingerprint density at radius 2 is 2.29 bits per heavy atom. The van der Waals surface area contributed by atoms with Gasteiger partial charge in [0.05, 0.1) is 0 Å². The van der Waals surface area contributed by atoms with E-state index in [1.165, 1.54) is 10.4 Å². The highest BCUT2D eigenvalue weighted by molar-refractivity contribution is 7.10. The molecule has 0 spiro atoms. The van der Waals surface area contributed by atoms with E-state index >= 15 is 0 Å². The number of aromatic nitrogens is 1. The first-order valence-corrected chi connectivity index (χ1v) is 6.42. The average molecular weight is 241 g/mol. The first-order valence-electron chi connectivity index (χ1n) is 5.54. The van der Waals surface area contributed by atoms with E-state index < -0.39 is 0 Å². The van der Waals surface area contributed by atoms with Gasteiger partial charge in [0.25, 0.3) is 0 Å². The summed E-state index contributed by atoms with van der Waals surface area (Å²) in [5.41, 5.74) is 1.88. The molecule has 4 heteroatoms. The van der Waals surface area contributed by atoms with Crippen molar-refractivity contribution in [1.29, 1.82) is 5.26 Å². The molecule has 1 aliphatic heterocycles. The lowest BCUT2D eigenvalue weighted by atomic mass is 10.1. The third-order valence-corrected chi connectivity index (χ3v) is 4.00. The van der Waals surface area contributed by atoms with E-state index in [2.05, 4.69) is 27.4 Å². The van der Waals surface area contributed by atoms with Gasteiger partial charge in [0, 0.05) is 18.0 Å². The van der Waals surface area contributed by atoms with Crippen molar-refractivity contribution in [1.82, 2.24) is 4.98 Å². The summed E-state index contributed by atoms with van der Waals surface area (Å²) in [6.45, 7) is 1.89. The fraction of sp³-hybridized carbons (Fsp3) is 0.231. The van der Waals surface area contributed by atoms with Crippen LogP contribution in [0.5, 0.6) is 0 Å². The minimum atomic E-state index is 0.485. The Morgan fingerprint density at radius 3 is 3.18 bits per heavy atom. The normalized spacial score (nSPS) is 14.2. The first kappa shape index (κ1) is 10.3. The number of hydrogen-bond acceptors (Lipinski definition) is 4. The minimum Gasteiger partial charge on any atom is -0.352 e. The monoisotopic (exact) mass is 241 g/mol. The number of thiophene rings is 1. The average Bonchev–Trinajstić information content (AvgIpc) is 2.86. The Kier molecular flexibility index (Phi) is 2.54. The third kappa shape index (κ3) is 1.90. The number of anilines is 1. The second-order valence-corrected chi connectivity index (χ2v) is 5.03. The first-order chi connectivity index (χ1) is 8.36. The van der Waals surface area contributed by atoms with Crippen LogP contribution in [0.25, 0.3) is 0 Å². The zero-order valence-electron chi connectivity index (χ0n) is 9.26. The number of fused-ring (bicyclic) bond motifs is 1. The van der Waals surface area contributed by atoms with Gasteiger partial charge in [-0.05, 0) is 35.6 Å². The van der Waals surface area contributed by atoms with Crippen molar-refractivity contribution < 1.29 is 0 Å². The van der Waals surface area contributed by atoms with Crippen molar-refractivity contribution in [2.75, 3.05) is 11.4 Å². The molecule has 0 aromatic carbocycles. The van der Waals surface area contributed by atoms with Crippen LogP contribution in [0.15, 0.2) is 29.6 Å². The van der Waals surface area contributed by atoms with Gasteiger partial charge >= 0.3 is 0 Å². The number of pyridine rings is 1. The van der Waals surface area contributed by atoms with Crippen molar-refractivity contribution in [3.05, 3.63) is 45.8 Å². The molecule has 0 radical (unpaired) electrons. The van der Waals surface area contributed by atoms with Crippen LogP contribution in [-0.4, -0.2) is 11.5 Å². The molecular formula is C13H11N3S. The van der Waals surface area contributed by atoms with Crippen molar-refractivity contribution in [3.8, 4) is 6.07 Å². The van der Waals surface area contributed by atoms with Gasteiger partial charge in [-0.25, -0.2) is 4.98 Å². The Balaban J connectivity index is 1.89. The number of nitriles is 1. The lowest BCUT2D eigenvalue weighted by Gasteiger charge is -2.27. The van der Waals surface area contributed by atoms with Crippen LogP contribution in [0.3, 0.4) is 0 Å². The molecule has 3 rings (SSSR count). The topological polar surface area (TPSA) is 39.9 Å². The predicted octanol–water partition coefficient (Wildman–Crippen LogP) is 2.58. The Bertz CT molecular complexity index is 582. The van der Waals surface area contributed by atoms with Gasteiger partial charge < -0.3 is 4.90 Å². The summed E-state index contributed by atoms with van der Waals surface area (Å²) in [4.78, 5) is 8.06. The summed E-state index contributed by atoms with van der Waals surface area (Å²) >= 11 is 1.83. The molecule has 2 aromatic rings. The largest absolute Gasteiger partial charge is 0.352 e. The maximum absolute atomic E-state index is 8.86. The zero-order chi connectivity index (χ0) is 11.7. The summed E-state index contributed by atoms with van der Waals surface area (Å²) in [6.07, 6.45) is 1.07. The molecule has 84 valence electrons. The van der Waals surface area contributed by atoms with Gasteiger partial charge in [0.2, 0.25) is 0 Å². The molecule has 0 saturated carbocycles. The molecule has 0 N–H and O–H groups in total. The fourth-order valence-corrected chi connectivity index (χ4v) is 3.00. The highest BCUT2D eigenvalue weighted by Gasteiger charge is 2.18. The van der Waals surface area contributed by atoms with Crippen molar-refractivity contribution in [3.63, 3.8) is 0 Å². The summed E-state index contributed by atoms with van der Waals surface area (Å²) < 4.78 is 0. The van der Waals surface area contributed by atoms with Crippen molar-refractivity contribution in [2.45, 2.75) is 13.0 Å². The van der Waals surface area contributed by atoms with E-state index in [0.29, 0.717) is 5.69 Å². The smallest absolute Gasteiger partial charge is 0.142 e. The van der Waals surface area contributed by atoms with E-state index in [0.717, 1.165) is 25.3 Å². The Morgan fingerprint density at radius 1 is 1.35 bits per heavy atom. The summed E-state index contributed by atoms with van der Waals surface area (Å²) in [7, 11) is 0. The lowest BCUT2D eigenvalue weighted by molar-refractivity contribution is 0.731. The summed E-state index contributed by atoms with van der Waals surface area (Å²) in [5.74, 6) is 0.904. The number of hydrogen-bond donors (Lipinski definition) is 0. The SMILES string of the molecule is N#Cc1cccc(N2CCc3sccc3C2)n1. The summed E-state index contributed by atoms with van der Waals surface area (Å²) in [6, 6.07) is 9.87. The van der Waals surface area contributed by atoms with Crippen LogP contribution in [0.4, 0.5) is 5.82 Å². The molecular weight excluding hydrogens is 230 g/mol. The number of nitrogens with zero attached hydrogens (tertiary/aromatic N) is 3. The maximum atomic E-state index is 8.86. The molecule has 3 heterocycles. The molecule has 0 atom stereocenters. The number of rotatable bonds is 1. The molecule has 0 amide bonds. The zero-order valence-corrected chi connectivity index (χ0v) is 10.1. The van der Waals surface area contributed by atoms with Crippen LogP contribution in [-0.2, 0) is 13.0 Å². The van der Waals surface area contributed by atoms with E-state index in [9.17, 15) is 0 Å². The van der Waals surface area contributed by atoms with Gasteiger partial charge in [-0.15, -0.1) is 11.3 Å². The highest BCUT2D eigenvalue weighted by Crippen LogP contribution is 2.26. The van der Waals surface area contributed by atoms with Crippen LogP contribution in [0.1, 0.15) is 16.1 Å². The van der Waals surface area contributed by atoms with Gasteiger partial charge in [0.15, 0.2) is 0 Å². The lowest BCUT2D eigenvalue weighted by Crippen LogP contribution is -2.30. The van der Waals surface area contributed by atoms with E-state index in [-0.39, 0.29) is 0 Å². The maximum Gasteiger partial charge on any atom is 0.142 e. The van der Waals surface area contributed by atoms with E-state index in [1.54, 1.807) is 6.07 Å². The highest BCUT2D eigenvalue weighted by atomic mass is 32.1. The van der Waals surface area contributed by atoms with Crippen molar-refractivity contribution >= 4 is 17.2 Å². The Hall–Kier alpha value is -1.86. The fourth-order valence-electron chi connectivity index (χ4n) is 2.11. The third-order valence-electron chi connectivity index (χ3n) is 2.98. The molecule has 0 fully saturated rings. The molecule has 0 saturated heterocycles. The van der Waals surface area contributed by atoms with E-state index in [1.807, 2.05) is 23.5 Å². The Labute approximate surface area is 104 Å². The second-order valence-electron chi connectivity index (χ2n) is 4.03. The predicted molar refractivity (Wildman–Crippen MR) is 68.0 cm³/mol. The molecule has 0 unspecified atom stereocenters. The van der Waals surface area contributed by atoms with Crippen LogP contribution >= 0.6 is 11.3 Å². The molecule has 0 aliphatic carbocycles. The van der Waals surface area contributed by atoms with E-state index in [4.69, 9.17) is 5.26 Å². The van der Waals surface area contributed by atoms with Gasteiger partial charge in [-0.1, -0.05) is 6.07 Å². The van der Waals surface area contributed by atoms with Gasteiger partial charge in [-0.2, -0.15) is 5.26 Å². The van der Waals surface area contributed by atoms with Crippen LogP contribution < -0.4 is 4.90 Å². The van der Waals surface area contributed by atoms with Crippen LogP contribution in [0, 0.1) is 11.3 Å². The summed E-state index contributed by atoms with van der Waals surface area (Å²) in [5, 5.41) is 11.0. The van der Waals surface area contributed by atoms with Crippen LogP contribution in [0.2, 0.25) is 0 Å². The molecule has 2 aromatic heterocycles.